The molecule has 0 saturated heterocycles. The van der Waals surface area contributed by atoms with E-state index in [1.54, 1.807) is 0 Å². The molecule has 0 spiro atoms. The van der Waals surface area contributed by atoms with Crippen molar-refractivity contribution < 1.29 is 4.79 Å². The van der Waals surface area contributed by atoms with Crippen molar-refractivity contribution in [2.75, 3.05) is 0 Å². The van der Waals surface area contributed by atoms with Crippen molar-refractivity contribution in [3.05, 3.63) is 12.2 Å². The van der Waals surface area contributed by atoms with Crippen molar-refractivity contribution in [2.24, 2.45) is 0 Å². The third-order valence-corrected chi connectivity index (χ3v) is 3.33. The van der Waals surface area contributed by atoms with Crippen LogP contribution in [-0.2, 0) is 4.79 Å². The number of rotatable bonds is 14. The number of carbonyl (C=O) groups excluding carboxylic acids is 1. The predicted molar refractivity (Wildman–Crippen MR) is 80.9 cm³/mol. The fourth-order valence-electron chi connectivity index (χ4n) is 2.12. The summed E-state index contributed by atoms with van der Waals surface area (Å²) in [6.45, 7) is 2.27. The second-order valence-corrected chi connectivity index (χ2v) is 5.19. The summed E-state index contributed by atoms with van der Waals surface area (Å²) in [5, 5.41) is 0. The molecule has 106 valence electrons. The molecule has 18 heavy (non-hydrogen) atoms. The highest BCUT2D eigenvalue weighted by atomic mass is 16.1. The summed E-state index contributed by atoms with van der Waals surface area (Å²) in [5.74, 6) is 0. The van der Waals surface area contributed by atoms with Crippen LogP contribution in [0, 0.1) is 0 Å². The van der Waals surface area contributed by atoms with Crippen LogP contribution in [0.1, 0.15) is 90.4 Å². The van der Waals surface area contributed by atoms with Crippen LogP contribution in [0.2, 0.25) is 0 Å². The molecule has 0 heterocycles. The van der Waals surface area contributed by atoms with Gasteiger partial charge >= 0.3 is 0 Å². The SMILES string of the molecule is CCCCCCCCCC/C=C\CCCCC=O. The Morgan fingerprint density at radius 1 is 0.611 bits per heavy atom. The normalized spacial score (nSPS) is 11.2. The predicted octanol–water partition coefficient (Wildman–Crippen LogP) is 5.83. The largest absolute Gasteiger partial charge is 0.303 e. The Labute approximate surface area is 114 Å². The molecule has 0 aliphatic carbocycles. The van der Waals surface area contributed by atoms with Gasteiger partial charge in [-0.05, 0) is 32.1 Å². The first kappa shape index (κ1) is 17.4. The van der Waals surface area contributed by atoms with Gasteiger partial charge in [-0.2, -0.15) is 0 Å². The van der Waals surface area contributed by atoms with Crippen molar-refractivity contribution >= 4 is 6.29 Å². The number of aldehydes is 1. The molecule has 0 bridgehead atoms. The van der Waals surface area contributed by atoms with E-state index < -0.39 is 0 Å². The molecule has 0 aliphatic heterocycles. The van der Waals surface area contributed by atoms with Crippen LogP contribution in [-0.4, -0.2) is 6.29 Å². The Hall–Kier alpha value is -0.590. The fraction of sp³-hybridized carbons (Fsp3) is 0.824. The van der Waals surface area contributed by atoms with Crippen molar-refractivity contribution in [3.8, 4) is 0 Å². The highest BCUT2D eigenvalue weighted by Gasteiger charge is 1.90. The lowest BCUT2D eigenvalue weighted by Gasteiger charge is -1.99. The topological polar surface area (TPSA) is 17.1 Å². The molecule has 0 aromatic carbocycles. The third-order valence-electron chi connectivity index (χ3n) is 3.33. The standard InChI is InChI=1S/C17H32O/c1-2-3-4-5-6-7-8-9-10-11-12-13-14-15-16-17-18/h11-12,17H,2-10,13-16H2,1H3/b12-11-. The molecule has 0 fully saturated rings. The summed E-state index contributed by atoms with van der Waals surface area (Å²) in [6.07, 6.45) is 22.1. The van der Waals surface area contributed by atoms with Gasteiger partial charge in [-0.15, -0.1) is 0 Å². The van der Waals surface area contributed by atoms with Crippen molar-refractivity contribution in [1.29, 1.82) is 0 Å². The van der Waals surface area contributed by atoms with Gasteiger partial charge in [-0.3, -0.25) is 0 Å². The van der Waals surface area contributed by atoms with Crippen LogP contribution >= 0.6 is 0 Å². The lowest BCUT2D eigenvalue weighted by Crippen LogP contribution is -1.80. The molecule has 0 aliphatic rings. The summed E-state index contributed by atoms with van der Waals surface area (Å²) < 4.78 is 0. The summed E-state index contributed by atoms with van der Waals surface area (Å²) in [5.41, 5.74) is 0. The molecule has 0 N–H and O–H groups in total. The van der Waals surface area contributed by atoms with E-state index in [0.29, 0.717) is 0 Å². The Morgan fingerprint density at radius 3 is 1.61 bits per heavy atom. The van der Waals surface area contributed by atoms with Gasteiger partial charge in [0.2, 0.25) is 0 Å². The zero-order valence-corrected chi connectivity index (χ0v) is 12.3. The first-order valence-corrected chi connectivity index (χ1v) is 8.00. The van der Waals surface area contributed by atoms with E-state index in [1.165, 1.54) is 57.8 Å². The minimum absolute atomic E-state index is 0.728. The zero-order chi connectivity index (χ0) is 13.3. The molecular formula is C17H32O. The maximum Gasteiger partial charge on any atom is 0.119 e. The lowest BCUT2D eigenvalue weighted by atomic mass is 10.1. The van der Waals surface area contributed by atoms with Crippen molar-refractivity contribution in [2.45, 2.75) is 90.4 Å². The number of carbonyl (C=O) groups is 1. The summed E-state index contributed by atoms with van der Waals surface area (Å²) in [4.78, 5) is 10.1. The number of hydrogen-bond donors (Lipinski definition) is 0. The van der Waals surface area contributed by atoms with E-state index in [2.05, 4.69) is 19.1 Å². The Kier molecular flexibility index (Phi) is 15.9. The Morgan fingerprint density at radius 2 is 1.06 bits per heavy atom. The first-order valence-electron chi connectivity index (χ1n) is 8.00. The summed E-state index contributed by atoms with van der Waals surface area (Å²) in [6, 6.07) is 0. The van der Waals surface area contributed by atoms with Gasteiger partial charge in [-0.1, -0.05) is 64.0 Å². The van der Waals surface area contributed by atoms with Gasteiger partial charge in [0.1, 0.15) is 6.29 Å². The third kappa shape index (κ3) is 15.4. The van der Waals surface area contributed by atoms with E-state index in [9.17, 15) is 4.79 Å². The minimum atomic E-state index is 0.728. The maximum atomic E-state index is 10.1. The van der Waals surface area contributed by atoms with Crippen LogP contribution < -0.4 is 0 Å². The zero-order valence-electron chi connectivity index (χ0n) is 12.3. The highest BCUT2D eigenvalue weighted by molar-refractivity contribution is 5.48. The number of unbranched alkanes of at least 4 members (excludes halogenated alkanes) is 11. The second-order valence-electron chi connectivity index (χ2n) is 5.19. The van der Waals surface area contributed by atoms with Gasteiger partial charge in [-0.25, -0.2) is 0 Å². The van der Waals surface area contributed by atoms with Gasteiger partial charge in [0.25, 0.3) is 0 Å². The summed E-state index contributed by atoms with van der Waals surface area (Å²) >= 11 is 0. The monoisotopic (exact) mass is 252 g/mol. The van der Waals surface area contributed by atoms with Gasteiger partial charge in [0.05, 0.1) is 0 Å². The molecule has 0 rings (SSSR count). The molecule has 0 saturated carbocycles. The Bertz CT molecular complexity index is 184. The average molecular weight is 252 g/mol. The highest BCUT2D eigenvalue weighted by Crippen LogP contribution is 2.10. The van der Waals surface area contributed by atoms with Crippen LogP contribution in [0.25, 0.3) is 0 Å². The van der Waals surface area contributed by atoms with Crippen LogP contribution in [0.3, 0.4) is 0 Å². The molecule has 0 aromatic rings. The second kappa shape index (κ2) is 16.4. The van der Waals surface area contributed by atoms with Gasteiger partial charge in [0.15, 0.2) is 0 Å². The molecule has 0 atom stereocenters. The van der Waals surface area contributed by atoms with E-state index in [0.717, 1.165) is 32.0 Å². The average Bonchev–Trinajstić information content (AvgIpc) is 2.39. The smallest absolute Gasteiger partial charge is 0.119 e. The van der Waals surface area contributed by atoms with E-state index in [-0.39, 0.29) is 0 Å². The maximum absolute atomic E-state index is 10.1. The van der Waals surface area contributed by atoms with E-state index >= 15 is 0 Å². The quantitative estimate of drug-likeness (QED) is 0.216. The lowest BCUT2D eigenvalue weighted by molar-refractivity contribution is -0.107. The van der Waals surface area contributed by atoms with E-state index in [4.69, 9.17) is 0 Å². The number of hydrogen-bond acceptors (Lipinski definition) is 1. The number of allylic oxidation sites excluding steroid dienone is 2. The summed E-state index contributed by atoms with van der Waals surface area (Å²) in [7, 11) is 0. The molecule has 1 heteroatoms. The van der Waals surface area contributed by atoms with Crippen molar-refractivity contribution in [1.82, 2.24) is 0 Å². The van der Waals surface area contributed by atoms with Crippen LogP contribution in [0.5, 0.6) is 0 Å². The molecule has 0 amide bonds. The fourth-order valence-corrected chi connectivity index (χ4v) is 2.12. The minimum Gasteiger partial charge on any atom is -0.303 e. The molecule has 1 nitrogen and oxygen atoms in total. The molecular weight excluding hydrogens is 220 g/mol. The van der Waals surface area contributed by atoms with Gasteiger partial charge < -0.3 is 4.79 Å². The van der Waals surface area contributed by atoms with Crippen LogP contribution in [0.15, 0.2) is 12.2 Å². The molecule has 0 radical (unpaired) electrons. The van der Waals surface area contributed by atoms with Crippen LogP contribution in [0.4, 0.5) is 0 Å². The van der Waals surface area contributed by atoms with Gasteiger partial charge in [0, 0.05) is 6.42 Å². The van der Waals surface area contributed by atoms with E-state index in [1.807, 2.05) is 0 Å². The first-order chi connectivity index (χ1) is 8.91. The van der Waals surface area contributed by atoms with Crippen molar-refractivity contribution in [3.63, 3.8) is 0 Å². The molecule has 0 unspecified atom stereocenters. The Balaban J connectivity index is 3.01. The molecule has 0 aromatic heterocycles.